The number of ether oxygens (including phenoxy) is 2. The summed E-state index contributed by atoms with van der Waals surface area (Å²) in [5.74, 6) is -7.12. The number of esters is 1. The second-order valence-corrected chi connectivity index (χ2v) is 6.62. The van der Waals surface area contributed by atoms with E-state index in [0.29, 0.717) is 0 Å². The lowest BCUT2D eigenvalue weighted by molar-refractivity contribution is -0.153. The zero-order chi connectivity index (χ0) is 18.0. The van der Waals surface area contributed by atoms with E-state index in [4.69, 9.17) is 9.47 Å². The summed E-state index contributed by atoms with van der Waals surface area (Å²) in [6.07, 6.45) is 1.32. The van der Waals surface area contributed by atoms with Crippen molar-refractivity contribution in [3.63, 3.8) is 0 Å². The van der Waals surface area contributed by atoms with Crippen LogP contribution >= 0.6 is 0 Å². The Morgan fingerprint density at radius 3 is 2.54 bits per heavy atom. The molecule has 0 unspecified atom stereocenters. The van der Waals surface area contributed by atoms with Gasteiger partial charge in [0, 0.05) is 19.1 Å². The van der Waals surface area contributed by atoms with Gasteiger partial charge in [-0.3, -0.25) is 9.89 Å². The summed E-state index contributed by atoms with van der Waals surface area (Å²) in [6.45, 7) is 5.40. The van der Waals surface area contributed by atoms with Crippen molar-refractivity contribution < 1.29 is 27.8 Å². The van der Waals surface area contributed by atoms with Crippen molar-refractivity contribution in [3.05, 3.63) is 11.8 Å². The lowest BCUT2D eigenvalue weighted by Crippen LogP contribution is -2.44. The molecule has 0 saturated carbocycles. The molecule has 2 N–H and O–H groups in total. The van der Waals surface area contributed by atoms with Crippen LogP contribution in [-0.2, 0) is 14.3 Å². The predicted molar refractivity (Wildman–Crippen MR) is 80.9 cm³/mol. The lowest BCUT2D eigenvalue weighted by Gasteiger charge is -2.28. The van der Waals surface area contributed by atoms with Crippen molar-refractivity contribution in [1.29, 1.82) is 0 Å². The molecular weight excluding hydrogens is 324 g/mol. The fourth-order valence-corrected chi connectivity index (χ4v) is 2.31. The smallest absolute Gasteiger partial charge is 0.344 e. The number of rotatable bonds is 4. The number of aromatic nitrogens is 2. The molecule has 1 aliphatic heterocycles. The molecule has 1 aliphatic rings. The first kappa shape index (κ1) is 18.3. The molecule has 0 atom stereocenters. The first-order valence-electron chi connectivity index (χ1n) is 7.65. The predicted octanol–water partition coefficient (Wildman–Crippen LogP) is 2.37. The monoisotopic (exact) mass is 345 g/mol. The Kier molecular flexibility index (Phi) is 5.22. The first-order valence-corrected chi connectivity index (χ1v) is 7.65. The summed E-state index contributed by atoms with van der Waals surface area (Å²) in [7, 11) is 0. The average Bonchev–Trinajstić information content (AvgIpc) is 2.94. The third-order valence-electron chi connectivity index (χ3n) is 3.53. The number of amides is 1. The number of anilines is 1. The van der Waals surface area contributed by atoms with Gasteiger partial charge in [-0.2, -0.15) is 13.9 Å². The highest BCUT2D eigenvalue weighted by Gasteiger charge is 2.47. The second-order valence-electron chi connectivity index (χ2n) is 6.62. The largest absolute Gasteiger partial charge is 0.456 e. The summed E-state index contributed by atoms with van der Waals surface area (Å²) < 4.78 is 38.7. The van der Waals surface area contributed by atoms with Gasteiger partial charge in [-0.25, -0.2) is 4.79 Å². The molecule has 0 radical (unpaired) electrons. The van der Waals surface area contributed by atoms with E-state index in [0.717, 1.165) is 6.20 Å². The standard InChI is InChI=1S/C15H21F2N3O4/c1-14(2,3)24-12(21)10-8-18-20-11(10)19-13(22)15(16,17)9-4-6-23-7-5-9/h8-9H,4-7H2,1-3H3,(H2,18,19,20,22). The zero-order valence-corrected chi connectivity index (χ0v) is 13.8. The van der Waals surface area contributed by atoms with Crippen LogP contribution in [0.3, 0.4) is 0 Å². The number of hydrogen-bond acceptors (Lipinski definition) is 5. The Morgan fingerprint density at radius 1 is 1.33 bits per heavy atom. The fourth-order valence-electron chi connectivity index (χ4n) is 2.31. The summed E-state index contributed by atoms with van der Waals surface area (Å²) >= 11 is 0. The van der Waals surface area contributed by atoms with E-state index in [1.165, 1.54) is 0 Å². The van der Waals surface area contributed by atoms with Gasteiger partial charge in [0.1, 0.15) is 17.0 Å². The number of nitrogens with zero attached hydrogens (tertiary/aromatic N) is 1. The maximum Gasteiger partial charge on any atom is 0.344 e. The van der Waals surface area contributed by atoms with Crippen LogP contribution in [-0.4, -0.2) is 46.8 Å². The molecule has 134 valence electrons. The van der Waals surface area contributed by atoms with Crippen LogP contribution < -0.4 is 5.32 Å². The molecule has 7 nitrogen and oxygen atoms in total. The third-order valence-corrected chi connectivity index (χ3v) is 3.53. The van der Waals surface area contributed by atoms with Gasteiger partial charge in [0.25, 0.3) is 5.91 Å². The Labute approximate surface area is 138 Å². The maximum absolute atomic E-state index is 14.3. The lowest BCUT2D eigenvalue weighted by atomic mass is 9.92. The van der Waals surface area contributed by atoms with E-state index in [1.54, 1.807) is 20.8 Å². The van der Waals surface area contributed by atoms with Gasteiger partial charge in [0.15, 0.2) is 0 Å². The van der Waals surface area contributed by atoms with Crippen LogP contribution in [0.25, 0.3) is 0 Å². The maximum atomic E-state index is 14.3. The van der Waals surface area contributed by atoms with Crippen molar-refractivity contribution in [2.75, 3.05) is 18.5 Å². The van der Waals surface area contributed by atoms with E-state index in [-0.39, 0.29) is 37.4 Å². The quantitative estimate of drug-likeness (QED) is 0.817. The van der Waals surface area contributed by atoms with Crippen molar-refractivity contribution in [1.82, 2.24) is 10.2 Å². The minimum atomic E-state index is -3.57. The van der Waals surface area contributed by atoms with Crippen LogP contribution in [0, 0.1) is 5.92 Å². The number of nitrogens with one attached hydrogen (secondary N) is 2. The molecule has 2 heterocycles. The van der Waals surface area contributed by atoms with Crippen molar-refractivity contribution >= 4 is 17.7 Å². The Hall–Kier alpha value is -2.03. The van der Waals surface area contributed by atoms with E-state index in [1.807, 2.05) is 5.32 Å². The summed E-state index contributed by atoms with van der Waals surface area (Å²) in [5.41, 5.74) is -0.872. The highest BCUT2D eigenvalue weighted by Crippen LogP contribution is 2.33. The molecule has 0 aliphatic carbocycles. The molecular formula is C15H21F2N3O4. The van der Waals surface area contributed by atoms with E-state index < -0.39 is 29.3 Å². The number of halogens is 2. The summed E-state index contributed by atoms with van der Waals surface area (Å²) in [4.78, 5) is 24.0. The van der Waals surface area contributed by atoms with Crippen LogP contribution in [0.4, 0.5) is 14.6 Å². The van der Waals surface area contributed by atoms with Gasteiger partial charge in [-0.05, 0) is 33.6 Å². The number of aromatic amines is 1. The molecule has 1 aromatic heterocycles. The molecule has 2 rings (SSSR count). The second kappa shape index (κ2) is 6.84. The third kappa shape index (κ3) is 4.28. The molecule has 1 saturated heterocycles. The van der Waals surface area contributed by atoms with Crippen LogP contribution in [0.15, 0.2) is 6.20 Å². The SMILES string of the molecule is CC(C)(C)OC(=O)c1cn[nH]c1NC(=O)C(F)(F)C1CCOCC1. The van der Waals surface area contributed by atoms with Gasteiger partial charge < -0.3 is 14.8 Å². The van der Waals surface area contributed by atoms with Crippen molar-refractivity contribution in [3.8, 4) is 0 Å². The minimum Gasteiger partial charge on any atom is -0.456 e. The number of carbonyl (C=O) groups is 2. The Balaban J connectivity index is 2.09. The number of alkyl halides is 2. The first-order chi connectivity index (χ1) is 11.1. The zero-order valence-electron chi connectivity index (χ0n) is 13.8. The van der Waals surface area contributed by atoms with Crippen LogP contribution in [0.5, 0.6) is 0 Å². The number of H-pyrrole nitrogens is 1. The topological polar surface area (TPSA) is 93.3 Å². The highest BCUT2D eigenvalue weighted by atomic mass is 19.3. The van der Waals surface area contributed by atoms with E-state index >= 15 is 0 Å². The Morgan fingerprint density at radius 2 is 1.96 bits per heavy atom. The van der Waals surface area contributed by atoms with Crippen LogP contribution in [0.2, 0.25) is 0 Å². The van der Waals surface area contributed by atoms with Gasteiger partial charge >= 0.3 is 11.9 Å². The number of hydrogen-bond donors (Lipinski definition) is 2. The molecule has 0 aromatic carbocycles. The van der Waals surface area contributed by atoms with Gasteiger partial charge in [-0.15, -0.1) is 0 Å². The molecule has 1 amide bonds. The van der Waals surface area contributed by atoms with Gasteiger partial charge in [0.05, 0.1) is 6.20 Å². The molecule has 1 aromatic rings. The molecule has 0 spiro atoms. The van der Waals surface area contributed by atoms with Crippen molar-refractivity contribution in [2.45, 2.75) is 45.1 Å². The van der Waals surface area contributed by atoms with E-state index in [9.17, 15) is 18.4 Å². The van der Waals surface area contributed by atoms with E-state index in [2.05, 4.69) is 10.2 Å². The molecule has 1 fully saturated rings. The Bertz CT molecular complexity index is 604. The highest BCUT2D eigenvalue weighted by molar-refractivity contribution is 6.02. The normalized spacial score (nSPS) is 16.7. The number of carbonyl (C=O) groups excluding carboxylic acids is 2. The van der Waals surface area contributed by atoms with Crippen molar-refractivity contribution in [2.24, 2.45) is 5.92 Å². The molecule has 24 heavy (non-hydrogen) atoms. The average molecular weight is 345 g/mol. The molecule has 0 bridgehead atoms. The van der Waals surface area contributed by atoms with Gasteiger partial charge in [-0.1, -0.05) is 0 Å². The fraction of sp³-hybridized carbons (Fsp3) is 0.667. The summed E-state index contributed by atoms with van der Waals surface area (Å²) in [5, 5.41) is 8.00. The van der Waals surface area contributed by atoms with Gasteiger partial charge in [0.2, 0.25) is 0 Å². The minimum absolute atomic E-state index is 0.0995. The summed E-state index contributed by atoms with van der Waals surface area (Å²) in [6, 6.07) is 0. The van der Waals surface area contributed by atoms with Crippen LogP contribution in [0.1, 0.15) is 44.0 Å². The molecule has 9 heteroatoms.